The van der Waals surface area contributed by atoms with Crippen LogP contribution in [-0.4, -0.2) is 51.5 Å². The number of nitrogens with two attached hydrogens (primary N) is 1. The Labute approximate surface area is 348 Å². The Morgan fingerprint density at radius 3 is 1.71 bits per heavy atom. The Hall–Kier alpha value is -6.28. The van der Waals surface area contributed by atoms with Crippen molar-refractivity contribution in [3.05, 3.63) is 138 Å². The van der Waals surface area contributed by atoms with Gasteiger partial charge in [0.05, 0.1) is 37.3 Å². The molecule has 0 saturated heterocycles. The summed E-state index contributed by atoms with van der Waals surface area (Å²) in [6, 6.07) is 38.3. The van der Waals surface area contributed by atoms with Gasteiger partial charge >= 0.3 is 10.1 Å². The highest BCUT2D eigenvalue weighted by Crippen LogP contribution is 2.42. The molecule has 0 fully saturated rings. The number of nitrogens with zero attached hydrogens (tertiary/aromatic N) is 2. The number of aromatic nitrogens is 4. The number of hydrogen-bond acceptors (Lipinski definition) is 12. The molecule has 0 aliphatic rings. The molecular formula is C41H32N6O7S5. The summed E-state index contributed by atoms with van der Waals surface area (Å²) in [5, 5.41) is 25.3. The average molecular weight is 881 g/mol. The molecule has 59 heavy (non-hydrogen) atoms. The molecule has 0 amide bonds. The Kier molecular flexibility index (Phi) is 10.8. The summed E-state index contributed by atoms with van der Waals surface area (Å²) in [7, 11) is -7.52. The maximum Gasteiger partial charge on any atom is 0.304 e. The van der Waals surface area contributed by atoms with Gasteiger partial charge < -0.3 is 25.9 Å². The lowest BCUT2D eigenvalue weighted by atomic mass is 10.1. The van der Waals surface area contributed by atoms with Crippen molar-refractivity contribution in [1.82, 2.24) is 19.9 Å². The fraction of sp³-hybridized carbons (Fsp3) is 0.0244. The number of hydrogen-bond donors (Lipinski definition) is 7. The summed E-state index contributed by atoms with van der Waals surface area (Å²) in [4.78, 5) is 15.1. The molecule has 0 radical (unpaired) electrons. The summed E-state index contributed by atoms with van der Waals surface area (Å²) in [5.74, 6) is 0.0210. The van der Waals surface area contributed by atoms with Gasteiger partial charge in [0.2, 0.25) is 10.0 Å². The van der Waals surface area contributed by atoms with E-state index < -0.39 is 20.1 Å². The number of rotatable bonds is 7. The van der Waals surface area contributed by atoms with Crippen LogP contribution in [0.4, 0.5) is 11.4 Å². The second-order valence-corrected chi connectivity index (χ2v) is 19.4. The van der Waals surface area contributed by atoms with E-state index >= 15 is 0 Å². The van der Waals surface area contributed by atoms with E-state index in [1.807, 2.05) is 78.9 Å². The number of anilines is 2. The van der Waals surface area contributed by atoms with Gasteiger partial charge in [0.25, 0.3) is 0 Å². The summed E-state index contributed by atoms with van der Waals surface area (Å²) in [6.07, 6.45) is 0. The van der Waals surface area contributed by atoms with Gasteiger partial charge in [-0.3, -0.25) is 9.27 Å². The largest absolute Gasteiger partial charge is 0.494 e. The van der Waals surface area contributed by atoms with Gasteiger partial charge in [-0.25, -0.2) is 18.4 Å². The molecule has 0 bridgehead atoms. The van der Waals surface area contributed by atoms with Gasteiger partial charge in [-0.2, -0.15) is 8.42 Å². The van der Waals surface area contributed by atoms with Gasteiger partial charge in [-0.1, -0.05) is 60.7 Å². The Morgan fingerprint density at radius 2 is 1.19 bits per heavy atom. The fourth-order valence-corrected chi connectivity index (χ4v) is 10.8. The lowest BCUT2D eigenvalue weighted by molar-refractivity contribution is 0.459. The van der Waals surface area contributed by atoms with E-state index in [1.165, 1.54) is 17.4 Å². The molecule has 0 aliphatic heterocycles. The first-order valence-electron chi connectivity index (χ1n) is 17.5. The first kappa shape index (κ1) is 39.5. The number of benzene rings is 5. The van der Waals surface area contributed by atoms with Crippen LogP contribution in [0.1, 0.15) is 5.56 Å². The van der Waals surface area contributed by atoms with Crippen LogP contribution in [-0.2, 0) is 25.9 Å². The van der Waals surface area contributed by atoms with Crippen molar-refractivity contribution < 1.29 is 31.6 Å². The van der Waals surface area contributed by atoms with Crippen LogP contribution < -0.4 is 10.5 Å². The predicted octanol–water partition coefficient (Wildman–Crippen LogP) is 9.82. The van der Waals surface area contributed by atoms with Crippen LogP contribution >= 0.6 is 34.0 Å². The highest BCUT2D eigenvalue weighted by Gasteiger charge is 2.20. The highest BCUT2D eigenvalue weighted by molar-refractivity contribution is 7.91. The average Bonchev–Trinajstić information content (AvgIpc) is 4.04. The van der Waals surface area contributed by atoms with E-state index in [4.69, 9.17) is 10.3 Å². The molecule has 8 N–H and O–H groups in total. The Balaban J connectivity index is 0.000000142. The predicted molar refractivity (Wildman–Crippen MR) is 238 cm³/mol. The number of nitrogen functional groups attached to an aromatic ring is 1. The van der Waals surface area contributed by atoms with Crippen LogP contribution in [0.5, 0.6) is 11.8 Å². The molecular weight excluding hydrogens is 849 g/mol. The zero-order chi connectivity index (χ0) is 41.3. The normalized spacial score (nSPS) is 11.7. The fourth-order valence-electron chi connectivity index (χ4n) is 6.25. The second-order valence-electron chi connectivity index (χ2n) is 13.0. The Morgan fingerprint density at radius 1 is 0.644 bits per heavy atom. The van der Waals surface area contributed by atoms with Crippen LogP contribution in [0.15, 0.2) is 137 Å². The number of fused-ring (bicyclic) bond motifs is 4. The maximum absolute atomic E-state index is 12.6. The molecule has 10 aromatic rings. The van der Waals surface area contributed by atoms with Gasteiger partial charge in [0.15, 0.2) is 11.8 Å². The molecule has 18 heteroatoms. The number of thiazole rings is 2. The molecule has 5 heterocycles. The third kappa shape index (κ3) is 8.77. The lowest BCUT2D eigenvalue weighted by Gasteiger charge is -2.08. The van der Waals surface area contributed by atoms with E-state index in [1.54, 1.807) is 59.2 Å². The molecule has 0 spiro atoms. The third-order valence-corrected chi connectivity index (χ3v) is 14.4. The van der Waals surface area contributed by atoms with Gasteiger partial charge in [-0.15, -0.1) is 34.0 Å². The minimum Gasteiger partial charge on any atom is -0.494 e. The Bertz CT molecular complexity index is 3260. The highest BCUT2D eigenvalue weighted by atomic mass is 32.3. The topological polar surface area (TPSA) is 224 Å². The third-order valence-electron chi connectivity index (χ3n) is 8.82. The van der Waals surface area contributed by atoms with E-state index in [-0.39, 0.29) is 21.7 Å². The number of aromatic amines is 2. The lowest BCUT2D eigenvalue weighted by Crippen LogP contribution is -2.14. The molecule has 0 aliphatic carbocycles. The van der Waals surface area contributed by atoms with Crippen molar-refractivity contribution in [3.63, 3.8) is 0 Å². The first-order chi connectivity index (χ1) is 28.3. The van der Waals surface area contributed by atoms with E-state index in [0.29, 0.717) is 44.0 Å². The van der Waals surface area contributed by atoms with Crippen molar-refractivity contribution in [2.75, 3.05) is 10.5 Å². The number of nitrogens with one attached hydrogen (secondary N) is 3. The van der Waals surface area contributed by atoms with Gasteiger partial charge in [0.1, 0.15) is 14.2 Å². The number of aromatic hydroxyl groups is 2. The monoisotopic (exact) mass is 880 g/mol. The standard InChI is InChI=1S/C22H17N3O3S2.C15H11N3OS.C4H4O3S2/c26-21-20(22-24-18-8-4-5-9-19(18)29-22)16-12-15(10-11-17(16)23-21)25-30(27,28)13-14-6-2-1-3-7-14;16-8-5-6-10-9(7-8)13(14(19)17-10)15-18-11-3-1-2-4-12(11)20-15;5-9(6,7)4-2-1-3-8-4/h1-12,23,25-26H,13H2;1-7,17,19H,16H2;1-3H,(H,5,6,7). The second kappa shape index (κ2) is 16.2. The first-order valence-corrected chi connectivity index (χ1v) is 23.1. The molecule has 0 unspecified atom stereocenters. The summed E-state index contributed by atoms with van der Waals surface area (Å²) in [5.41, 5.74) is 12.3. The van der Waals surface area contributed by atoms with Crippen molar-refractivity contribution in [2.24, 2.45) is 0 Å². The summed E-state index contributed by atoms with van der Waals surface area (Å²) < 4.78 is 58.8. The van der Waals surface area contributed by atoms with Gasteiger partial charge in [0, 0.05) is 33.2 Å². The molecule has 10 rings (SSSR count). The van der Waals surface area contributed by atoms with E-state index in [0.717, 1.165) is 47.7 Å². The van der Waals surface area contributed by atoms with Crippen molar-refractivity contribution in [1.29, 1.82) is 0 Å². The molecule has 0 atom stereocenters. The van der Waals surface area contributed by atoms with Crippen molar-refractivity contribution >= 4 is 108 Å². The van der Waals surface area contributed by atoms with Crippen LogP contribution in [0.25, 0.3) is 63.4 Å². The zero-order valence-electron chi connectivity index (χ0n) is 30.4. The van der Waals surface area contributed by atoms with Crippen LogP contribution in [0, 0.1) is 0 Å². The zero-order valence-corrected chi connectivity index (χ0v) is 34.5. The quantitative estimate of drug-likeness (QED) is 0.0592. The molecule has 5 aromatic heterocycles. The minimum absolute atomic E-state index is 0.00773. The summed E-state index contributed by atoms with van der Waals surface area (Å²) >= 11 is 4.02. The van der Waals surface area contributed by atoms with Crippen LogP contribution in [0.2, 0.25) is 0 Å². The van der Waals surface area contributed by atoms with Gasteiger partial charge in [-0.05, 0) is 77.7 Å². The van der Waals surface area contributed by atoms with Crippen LogP contribution in [0.3, 0.4) is 0 Å². The SMILES string of the molecule is Nc1ccc2[nH]c(O)c(-c3nc4ccccc4s3)c2c1.O=S(=O)(Cc1ccccc1)Nc1ccc2[nH]c(O)c(-c3nc4ccccc4s3)c2c1.O=S(=O)(O)c1cccs1. The van der Waals surface area contributed by atoms with E-state index in [9.17, 15) is 27.0 Å². The maximum atomic E-state index is 12.6. The number of thiophene rings is 1. The minimum atomic E-state index is -3.94. The smallest absolute Gasteiger partial charge is 0.304 e. The molecule has 5 aromatic carbocycles. The number of para-hydroxylation sites is 2. The van der Waals surface area contributed by atoms with Crippen molar-refractivity contribution in [3.8, 4) is 32.9 Å². The summed E-state index contributed by atoms with van der Waals surface area (Å²) in [6.45, 7) is 0. The molecule has 13 nitrogen and oxygen atoms in total. The van der Waals surface area contributed by atoms with E-state index in [2.05, 4.69) is 24.7 Å². The molecule has 0 saturated carbocycles. The number of H-pyrrole nitrogens is 2. The molecule has 298 valence electrons. The number of sulfonamides is 1. The van der Waals surface area contributed by atoms with Crippen molar-refractivity contribution in [2.45, 2.75) is 9.96 Å².